The Kier molecular flexibility index (Phi) is 5.27. The van der Waals surface area contributed by atoms with Crippen LogP contribution in [-0.2, 0) is 6.42 Å². The van der Waals surface area contributed by atoms with E-state index in [-0.39, 0.29) is 12.3 Å². The molecule has 3 N–H and O–H groups in total. The highest BCUT2D eigenvalue weighted by molar-refractivity contribution is 5.77. The van der Waals surface area contributed by atoms with Crippen LogP contribution < -0.4 is 5.73 Å². The molecule has 0 bridgehead atoms. The molecule has 0 radical (unpaired) electrons. The number of nitro groups is 1. The third-order valence-electron chi connectivity index (χ3n) is 3.39. The van der Waals surface area contributed by atoms with Gasteiger partial charge < -0.3 is 10.8 Å². The summed E-state index contributed by atoms with van der Waals surface area (Å²) in [4.78, 5) is 10.2. The summed E-state index contributed by atoms with van der Waals surface area (Å²) in [7, 11) is 0. The highest BCUT2D eigenvalue weighted by Crippen LogP contribution is 2.22. The second-order valence-corrected chi connectivity index (χ2v) is 4.93. The van der Waals surface area contributed by atoms with Crippen LogP contribution in [0.15, 0.2) is 42.5 Å². The van der Waals surface area contributed by atoms with Crippen LogP contribution in [-0.4, -0.2) is 16.6 Å². The van der Waals surface area contributed by atoms with E-state index in [4.69, 9.17) is 10.8 Å². The molecule has 0 saturated heterocycles. The number of benzene rings is 2. The Hall–Kier alpha value is -2.66. The minimum atomic E-state index is -0.421. The lowest BCUT2D eigenvalue weighted by Gasteiger charge is -2.07. The molecule has 0 spiro atoms. The van der Waals surface area contributed by atoms with Crippen LogP contribution in [0.4, 0.5) is 11.4 Å². The molecule has 0 aliphatic rings. The normalized spacial score (nSPS) is 11.0. The van der Waals surface area contributed by atoms with Crippen LogP contribution in [0.25, 0.3) is 12.2 Å². The van der Waals surface area contributed by atoms with Crippen LogP contribution in [0.3, 0.4) is 0 Å². The first-order valence-electron chi connectivity index (χ1n) is 7.02. The number of para-hydroxylation sites is 1. The first-order valence-corrected chi connectivity index (χ1v) is 7.02. The molecule has 5 nitrogen and oxygen atoms in total. The van der Waals surface area contributed by atoms with E-state index in [9.17, 15) is 10.1 Å². The summed E-state index contributed by atoms with van der Waals surface area (Å²) >= 11 is 0. The molecule has 0 unspecified atom stereocenters. The molecule has 5 heteroatoms. The van der Waals surface area contributed by atoms with Gasteiger partial charge in [-0.1, -0.05) is 30.4 Å². The fourth-order valence-electron chi connectivity index (χ4n) is 2.16. The van der Waals surface area contributed by atoms with E-state index in [1.807, 2.05) is 30.4 Å². The lowest BCUT2D eigenvalue weighted by Crippen LogP contribution is -1.98. The third-order valence-corrected chi connectivity index (χ3v) is 3.39. The number of aliphatic hydroxyl groups excluding tert-OH is 1. The zero-order chi connectivity index (χ0) is 15.9. The Labute approximate surface area is 128 Å². The predicted molar refractivity (Wildman–Crippen MR) is 88.3 cm³/mol. The average molecular weight is 298 g/mol. The van der Waals surface area contributed by atoms with Crippen molar-refractivity contribution >= 4 is 23.5 Å². The molecule has 2 aromatic carbocycles. The number of aryl methyl sites for hydroxylation is 1. The minimum Gasteiger partial charge on any atom is -0.398 e. The summed E-state index contributed by atoms with van der Waals surface area (Å²) in [6, 6.07) is 12.1. The fraction of sp³-hybridized carbons (Fsp3) is 0.176. The van der Waals surface area contributed by atoms with Crippen molar-refractivity contribution in [1.29, 1.82) is 0 Å². The number of nitro benzene ring substituents is 1. The number of hydrogen-bond donors (Lipinski definition) is 2. The van der Waals surface area contributed by atoms with Gasteiger partial charge in [-0.05, 0) is 41.7 Å². The van der Waals surface area contributed by atoms with Crippen molar-refractivity contribution in [3.05, 3.63) is 69.3 Å². The van der Waals surface area contributed by atoms with Crippen molar-refractivity contribution in [1.82, 2.24) is 0 Å². The molecule has 114 valence electrons. The van der Waals surface area contributed by atoms with Gasteiger partial charge in [0.2, 0.25) is 0 Å². The van der Waals surface area contributed by atoms with Crippen LogP contribution in [0.1, 0.15) is 23.1 Å². The van der Waals surface area contributed by atoms with Crippen molar-refractivity contribution in [2.75, 3.05) is 12.3 Å². The molecule has 0 atom stereocenters. The molecule has 0 amide bonds. The zero-order valence-corrected chi connectivity index (χ0v) is 12.1. The number of aliphatic hydroxyl groups is 1. The second-order valence-electron chi connectivity index (χ2n) is 4.93. The number of nitrogens with zero attached hydrogens (tertiary/aromatic N) is 1. The maximum absolute atomic E-state index is 10.6. The largest absolute Gasteiger partial charge is 0.398 e. The van der Waals surface area contributed by atoms with Gasteiger partial charge in [0.25, 0.3) is 5.69 Å². The number of anilines is 1. The summed E-state index contributed by atoms with van der Waals surface area (Å²) < 4.78 is 0. The van der Waals surface area contributed by atoms with Crippen LogP contribution in [0.2, 0.25) is 0 Å². The summed E-state index contributed by atoms with van der Waals surface area (Å²) in [6.45, 7) is 0.141. The SMILES string of the molecule is Nc1c(C=Cc2ccc([N+](=O)[O-])cc2)cccc1CCCO. The highest BCUT2D eigenvalue weighted by atomic mass is 16.6. The second kappa shape index (κ2) is 7.38. The van der Waals surface area contributed by atoms with Gasteiger partial charge in [0.05, 0.1) is 4.92 Å². The van der Waals surface area contributed by atoms with Gasteiger partial charge in [-0.25, -0.2) is 0 Å². The number of nitrogen functional groups attached to an aromatic ring is 1. The van der Waals surface area contributed by atoms with Crippen molar-refractivity contribution in [2.45, 2.75) is 12.8 Å². The molecule has 22 heavy (non-hydrogen) atoms. The zero-order valence-electron chi connectivity index (χ0n) is 12.1. The summed E-state index contributed by atoms with van der Waals surface area (Å²) in [5, 5.41) is 19.5. The van der Waals surface area contributed by atoms with E-state index in [2.05, 4.69) is 0 Å². The van der Waals surface area contributed by atoms with Gasteiger partial charge in [-0.2, -0.15) is 0 Å². The van der Waals surface area contributed by atoms with E-state index in [1.165, 1.54) is 12.1 Å². The van der Waals surface area contributed by atoms with E-state index >= 15 is 0 Å². The van der Waals surface area contributed by atoms with Gasteiger partial charge >= 0.3 is 0 Å². The Balaban J connectivity index is 2.17. The minimum absolute atomic E-state index is 0.0719. The van der Waals surface area contributed by atoms with Gasteiger partial charge in [0.1, 0.15) is 0 Å². The van der Waals surface area contributed by atoms with Gasteiger partial charge in [-0.3, -0.25) is 10.1 Å². The number of nitrogens with two attached hydrogens (primary N) is 1. The molecule has 0 saturated carbocycles. The summed E-state index contributed by atoms with van der Waals surface area (Å²) in [5.74, 6) is 0. The topological polar surface area (TPSA) is 89.4 Å². The van der Waals surface area contributed by atoms with Gasteiger partial charge in [-0.15, -0.1) is 0 Å². The Morgan fingerprint density at radius 1 is 1.14 bits per heavy atom. The predicted octanol–water partition coefficient (Wildman–Crippen LogP) is 3.27. The van der Waals surface area contributed by atoms with Crippen molar-refractivity contribution < 1.29 is 10.0 Å². The van der Waals surface area contributed by atoms with E-state index in [1.54, 1.807) is 12.1 Å². The molecule has 0 aromatic heterocycles. The van der Waals surface area contributed by atoms with Crippen molar-refractivity contribution in [2.24, 2.45) is 0 Å². The van der Waals surface area contributed by atoms with Gasteiger partial charge in [0, 0.05) is 24.4 Å². The van der Waals surface area contributed by atoms with Crippen LogP contribution in [0, 0.1) is 10.1 Å². The molecular formula is C17H18N2O3. The highest BCUT2D eigenvalue weighted by Gasteiger charge is 2.04. The molecule has 2 rings (SSSR count). The average Bonchev–Trinajstić information content (AvgIpc) is 2.53. The molecule has 0 aliphatic carbocycles. The standard InChI is InChI=1S/C17H18N2O3/c18-17-14(5-2-12-20)3-1-4-15(17)9-6-13-7-10-16(11-8-13)19(21)22/h1,3-4,6-11,20H,2,5,12,18H2. The van der Waals surface area contributed by atoms with Gasteiger partial charge in [0.15, 0.2) is 0 Å². The van der Waals surface area contributed by atoms with Crippen LogP contribution >= 0.6 is 0 Å². The van der Waals surface area contributed by atoms with Crippen molar-refractivity contribution in [3.8, 4) is 0 Å². The number of rotatable bonds is 6. The third kappa shape index (κ3) is 3.93. The molecule has 2 aromatic rings. The first-order chi connectivity index (χ1) is 10.6. The molecule has 0 aliphatic heterocycles. The van der Waals surface area contributed by atoms with Crippen LogP contribution in [0.5, 0.6) is 0 Å². The first kappa shape index (κ1) is 15.7. The van der Waals surface area contributed by atoms with E-state index in [0.717, 1.165) is 23.1 Å². The fourth-order valence-corrected chi connectivity index (χ4v) is 2.16. The van der Waals surface area contributed by atoms with Crippen molar-refractivity contribution in [3.63, 3.8) is 0 Å². The summed E-state index contributed by atoms with van der Waals surface area (Å²) in [6.07, 6.45) is 5.17. The molecule has 0 fully saturated rings. The monoisotopic (exact) mass is 298 g/mol. The maximum atomic E-state index is 10.6. The molecular weight excluding hydrogens is 280 g/mol. The lowest BCUT2D eigenvalue weighted by molar-refractivity contribution is -0.384. The quantitative estimate of drug-likeness (QED) is 0.371. The Morgan fingerprint density at radius 3 is 2.50 bits per heavy atom. The molecule has 0 heterocycles. The Morgan fingerprint density at radius 2 is 1.86 bits per heavy atom. The summed E-state index contributed by atoms with van der Waals surface area (Å²) in [5.41, 5.74) is 9.68. The van der Waals surface area contributed by atoms with E-state index < -0.39 is 4.92 Å². The Bertz CT molecular complexity index is 679. The number of hydrogen-bond acceptors (Lipinski definition) is 4. The maximum Gasteiger partial charge on any atom is 0.269 e. The lowest BCUT2D eigenvalue weighted by atomic mass is 10.0. The van der Waals surface area contributed by atoms with E-state index in [0.29, 0.717) is 12.1 Å². The smallest absolute Gasteiger partial charge is 0.269 e. The number of non-ortho nitro benzene ring substituents is 1.